The maximum Gasteiger partial charge on any atom is 0.329 e. The van der Waals surface area contributed by atoms with Crippen LogP contribution in [0.4, 0.5) is 0 Å². The minimum absolute atomic E-state index is 0.201. The van der Waals surface area contributed by atoms with Crippen LogP contribution in [0.5, 0.6) is 0 Å². The van der Waals surface area contributed by atoms with E-state index in [1.165, 1.54) is 0 Å². The highest BCUT2D eigenvalue weighted by Crippen LogP contribution is 1.89. The molecule has 7 nitrogen and oxygen atoms in total. The van der Waals surface area contributed by atoms with E-state index in [1.807, 2.05) is 0 Å². The molecule has 0 spiro atoms. The molecule has 17 heavy (non-hydrogen) atoms. The highest BCUT2D eigenvalue weighted by Gasteiger charge is 2.09. The van der Waals surface area contributed by atoms with Crippen molar-refractivity contribution < 1.29 is 19.4 Å². The van der Waals surface area contributed by atoms with Crippen molar-refractivity contribution in [3.8, 4) is 0 Å². The lowest BCUT2D eigenvalue weighted by Gasteiger charge is -2.27. The molecule has 0 aliphatic carbocycles. The van der Waals surface area contributed by atoms with E-state index in [4.69, 9.17) is 5.11 Å². The van der Waals surface area contributed by atoms with Crippen LogP contribution in [-0.4, -0.2) is 74.4 Å². The number of hydrogen-bond acceptors (Lipinski definition) is 5. The second-order valence-electron chi connectivity index (χ2n) is 3.83. The van der Waals surface area contributed by atoms with Gasteiger partial charge in [0, 0.05) is 39.3 Å². The van der Waals surface area contributed by atoms with E-state index in [1.54, 1.807) is 0 Å². The molecule has 1 saturated heterocycles. The van der Waals surface area contributed by atoms with Crippen LogP contribution in [-0.2, 0) is 14.3 Å². The Morgan fingerprint density at radius 2 is 2.00 bits per heavy atom. The van der Waals surface area contributed by atoms with Crippen LogP contribution in [0.2, 0.25) is 0 Å². The number of carboxylic acid groups (broad SMARTS) is 1. The minimum atomic E-state index is -1.07. The number of carboxylic acids is 1. The Morgan fingerprint density at radius 1 is 1.29 bits per heavy atom. The summed E-state index contributed by atoms with van der Waals surface area (Å²) in [5.74, 6) is -1.35. The number of nitrogens with one attached hydrogen (secondary N) is 2. The first-order valence-electron chi connectivity index (χ1n) is 5.68. The van der Waals surface area contributed by atoms with Gasteiger partial charge in [0.05, 0.1) is 0 Å². The summed E-state index contributed by atoms with van der Waals surface area (Å²) in [5.41, 5.74) is 0. The van der Waals surface area contributed by atoms with Crippen LogP contribution in [0.1, 0.15) is 0 Å². The van der Waals surface area contributed by atoms with Crippen LogP contribution < -0.4 is 10.6 Å². The van der Waals surface area contributed by atoms with Gasteiger partial charge in [-0.25, -0.2) is 4.79 Å². The molecule has 1 fully saturated rings. The Balaban J connectivity index is 1.97. The van der Waals surface area contributed by atoms with E-state index in [9.17, 15) is 9.59 Å². The van der Waals surface area contributed by atoms with Crippen molar-refractivity contribution in [2.45, 2.75) is 0 Å². The van der Waals surface area contributed by atoms with Gasteiger partial charge in [-0.2, -0.15) is 0 Å². The molecule has 7 heteroatoms. The summed E-state index contributed by atoms with van der Waals surface area (Å²) in [7, 11) is 0. The van der Waals surface area contributed by atoms with Crippen LogP contribution in [0.15, 0.2) is 0 Å². The van der Waals surface area contributed by atoms with Crippen LogP contribution in [0.25, 0.3) is 0 Å². The molecule has 0 saturated carbocycles. The van der Waals surface area contributed by atoms with Crippen molar-refractivity contribution in [2.24, 2.45) is 0 Å². The summed E-state index contributed by atoms with van der Waals surface area (Å²) in [6.07, 6.45) is 0. The molecule has 0 aromatic rings. The van der Waals surface area contributed by atoms with Crippen LogP contribution in [0, 0.1) is 0 Å². The second-order valence-corrected chi connectivity index (χ2v) is 3.83. The third-order valence-corrected chi connectivity index (χ3v) is 2.42. The van der Waals surface area contributed by atoms with Crippen molar-refractivity contribution >= 4 is 11.9 Å². The SMILES string of the molecule is O=C(O)COCC(=O)NCCN1CCNCC1. The van der Waals surface area contributed by atoms with Crippen molar-refractivity contribution in [1.29, 1.82) is 0 Å². The second kappa shape index (κ2) is 7.99. The van der Waals surface area contributed by atoms with Crippen LogP contribution >= 0.6 is 0 Å². The number of nitrogens with zero attached hydrogens (tertiary/aromatic N) is 1. The third-order valence-electron chi connectivity index (χ3n) is 2.42. The Kier molecular flexibility index (Phi) is 6.53. The number of amides is 1. The first-order valence-corrected chi connectivity index (χ1v) is 5.68. The number of rotatable bonds is 7. The van der Waals surface area contributed by atoms with Gasteiger partial charge in [-0.1, -0.05) is 0 Å². The molecule has 1 amide bonds. The molecular weight excluding hydrogens is 226 g/mol. The Bertz CT molecular complexity index is 254. The monoisotopic (exact) mass is 245 g/mol. The molecular formula is C10H19N3O4. The summed E-state index contributed by atoms with van der Waals surface area (Å²) in [6, 6.07) is 0. The molecule has 1 aliphatic rings. The van der Waals surface area contributed by atoms with Gasteiger partial charge in [-0.05, 0) is 0 Å². The number of carbonyl (C=O) groups excluding carboxylic acids is 1. The average molecular weight is 245 g/mol. The molecule has 0 bridgehead atoms. The molecule has 0 aromatic carbocycles. The lowest BCUT2D eigenvalue weighted by atomic mass is 10.3. The molecule has 0 atom stereocenters. The van der Waals surface area contributed by atoms with Crippen LogP contribution in [0.3, 0.4) is 0 Å². The van der Waals surface area contributed by atoms with Gasteiger partial charge in [-0.15, -0.1) is 0 Å². The predicted octanol–water partition coefficient (Wildman–Crippen LogP) is -1.89. The van der Waals surface area contributed by atoms with Crippen molar-refractivity contribution in [3.05, 3.63) is 0 Å². The summed E-state index contributed by atoms with van der Waals surface area (Å²) in [6.45, 7) is 4.68. The molecule has 0 radical (unpaired) electrons. The van der Waals surface area contributed by atoms with Gasteiger partial charge in [0.1, 0.15) is 13.2 Å². The highest BCUT2D eigenvalue weighted by atomic mass is 16.5. The van der Waals surface area contributed by atoms with Crippen molar-refractivity contribution in [3.63, 3.8) is 0 Å². The standard InChI is InChI=1S/C10H19N3O4/c14-9(7-17-8-10(15)16)12-3-6-13-4-1-11-2-5-13/h11H,1-8H2,(H,12,14)(H,15,16). The van der Waals surface area contributed by atoms with Gasteiger partial charge < -0.3 is 20.5 Å². The van der Waals surface area contributed by atoms with E-state index >= 15 is 0 Å². The van der Waals surface area contributed by atoms with E-state index in [0.717, 1.165) is 32.7 Å². The number of ether oxygens (including phenoxy) is 1. The van der Waals surface area contributed by atoms with Gasteiger partial charge in [0.25, 0.3) is 0 Å². The average Bonchev–Trinajstić information content (AvgIpc) is 2.30. The third kappa shape index (κ3) is 6.88. The number of carbonyl (C=O) groups is 2. The van der Waals surface area contributed by atoms with Gasteiger partial charge in [0.2, 0.25) is 5.91 Å². The largest absolute Gasteiger partial charge is 0.480 e. The van der Waals surface area contributed by atoms with Crippen molar-refractivity contribution in [2.75, 3.05) is 52.5 Å². The fraction of sp³-hybridized carbons (Fsp3) is 0.800. The first-order chi connectivity index (χ1) is 8.18. The summed E-state index contributed by atoms with van der Waals surface area (Å²) < 4.78 is 4.66. The molecule has 1 rings (SSSR count). The minimum Gasteiger partial charge on any atom is -0.480 e. The predicted molar refractivity (Wildman–Crippen MR) is 60.8 cm³/mol. The van der Waals surface area contributed by atoms with E-state index in [-0.39, 0.29) is 12.5 Å². The molecule has 0 aromatic heterocycles. The maximum absolute atomic E-state index is 11.2. The van der Waals surface area contributed by atoms with E-state index in [2.05, 4.69) is 20.3 Å². The fourth-order valence-electron chi connectivity index (χ4n) is 1.57. The molecule has 3 N–H and O–H groups in total. The Morgan fingerprint density at radius 3 is 2.65 bits per heavy atom. The lowest BCUT2D eigenvalue weighted by Crippen LogP contribution is -2.46. The molecule has 0 unspecified atom stereocenters. The summed E-state index contributed by atoms with van der Waals surface area (Å²) >= 11 is 0. The summed E-state index contributed by atoms with van der Waals surface area (Å²) in [4.78, 5) is 23.6. The lowest BCUT2D eigenvalue weighted by molar-refractivity contribution is -0.143. The van der Waals surface area contributed by atoms with Gasteiger partial charge in [0.15, 0.2) is 0 Å². The molecule has 1 heterocycles. The molecule has 98 valence electrons. The van der Waals surface area contributed by atoms with E-state index < -0.39 is 12.6 Å². The van der Waals surface area contributed by atoms with E-state index in [0.29, 0.717) is 6.54 Å². The first kappa shape index (κ1) is 13.9. The summed E-state index contributed by atoms with van der Waals surface area (Å²) in [5, 5.41) is 14.2. The normalized spacial score (nSPS) is 16.7. The fourth-order valence-corrected chi connectivity index (χ4v) is 1.57. The zero-order valence-corrected chi connectivity index (χ0v) is 9.78. The zero-order chi connectivity index (χ0) is 12.5. The molecule has 1 aliphatic heterocycles. The van der Waals surface area contributed by atoms with Gasteiger partial charge in [-0.3, -0.25) is 9.69 Å². The Labute approximate surface area is 100 Å². The Hall–Kier alpha value is -1.18. The number of piperazine rings is 1. The van der Waals surface area contributed by atoms with Crippen molar-refractivity contribution in [1.82, 2.24) is 15.5 Å². The topological polar surface area (TPSA) is 90.9 Å². The number of aliphatic carboxylic acids is 1. The highest BCUT2D eigenvalue weighted by molar-refractivity contribution is 5.77. The zero-order valence-electron chi connectivity index (χ0n) is 9.78. The number of hydrogen-bond donors (Lipinski definition) is 3. The smallest absolute Gasteiger partial charge is 0.329 e. The van der Waals surface area contributed by atoms with Gasteiger partial charge >= 0.3 is 5.97 Å². The quantitative estimate of drug-likeness (QED) is 0.486. The maximum atomic E-state index is 11.2.